The molecule has 1 unspecified atom stereocenters. The smallest absolute Gasteiger partial charge is 0.407 e. The molecule has 2 amide bonds. The average molecular weight is 422 g/mol. The zero-order valence-corrected chi connectivity index (χ0v) is 17.6. The van der Waals surface area contributed by atoms with Gasteiger partial charge >= 0.3 is 12.1 Å². The summed E-state index contributed by atoms with van der Waals surface area (Å²) in [7, 11) is 1.53. The van der Waals surface area contributed by atoms with Gasteiger partial charge in [-0.2, -0.15) is 0 Å². The van der Waals surface area contributed by atoms with Gasteiger partial charge in [-0.15, -0.1) is 0 Å². The third kappa shape index (κ3) is 5.12. The van der Waals surface area contributed by atoms with Crippen molar-refractivity contribution in [3.63, 3.8) is 0 Å². The summed E-state index contributed by atoms with van der Waals surface area (Å²) in [5, 5.41) is 11.6. The van der Waals surface area contributed by atoms with Gasteiger partial charge in [0.2, 0.25) is 5.91 Å². The molecule has 7 heteroatoms. The summed E-state index contributed by atoms with van der Waals surface area (Å²) in [6.07, 6.45) is -1.37. The number of benzene rings is 2. The molecular formula is C24H26N2O5. The second-order valence-corrected chi connectivity index (χ2v) is 7.77. The maximum Gasteiger partial charge on any atom is 0.407 e. The molecule has 1 atom stereocenters. The van der Waals surface area contributed by atoms with E-state index < -0.39 is 30.4 Å². The van der Waals surface area contributed by atoms with Crippen LogP contribution in [0.4, 0.5) is 4.79 Å². The van der Waals surface area contributed by atoms with Gasteiger partial charge in [0.1, 0.15) is 12.6 Å². The molecule has 2 aromatic rings. The highest BCUT2D eigenvalue weighted by molar-refractivity contribution is 5.89. The Labute approximate surface area is 181 Å². The van der Waals surface area contributed by atoms with E-state index in [1.54, 1.807) is 6.92 Å². The number of alkyl carbamates (subject to hydrolysis) is 1. The van der Waals surface area contributed by atoms with Crippen molar-refractivity contribution >= 4 is 18.0 Å². The van der Waals surface area contributed by atoms with Crippen molar-refractivity contribution in [3.8, 4) is 11.1 Å². The van der Waals surface area contributed by atoms with E-state index in [-0.39, 0.29) is 19.1 Å². The summed E-state index contributed by atoms with van der Waals surface area (Å²) < 4.78 is 5.43. The lowest BCUT2D eigenvalue weighted by Gasteiger charge is -2.24. The number of carboxylic acid groups (broad SMARTS) is 1. The Morgan fingerprint density at radius 2 is 1.65 bits per heavy atom. The summed E-state index contributed by atoms with van der Waals surface area (Å²) in [5.41, 5.74) is 5.08. The molecule has 0 saturated carbocycles. The number of hydrogen-bond donors (Lipinski definition) is 2. The fraction of sp³-hybridized carbons (Fsp3) is 0.292. The van der Waals surface area contributed by atoms with E-state index in [2.05, 4.69) is 11.9 Å². The predicted octanol–water partition coefficient (Wildman–Crippen LogP) is 3.40. The molecule has 0 fully saturated rings. The highest BCUT2D eigenvalue weighted by Crippen LogP contribution is 2.44. The monoisotopic (exact) mass is 422 g/mol. The van der Waals surface area contributed by atoms with Crippen LogP contribution in [0.5, 0.6) is 0 Å². The number of amides is 2. The number of ether oxygens (including phenoxy) is 1. The van der Waals surface area contributed by atoms with Gasteiger partial charge in [0.05, 0.1) is 6.42 Å². The van der Waals surface area contributed by atoms with Gasteiger partial charge in [-0.25, -0.2) is 4.79 Å². The van der Waals surface area contributed by atoms with E-state index in [1.165, 1.54) is 11.9 Å². The van der Waals surface area contributed by atoms with Crippen LogP contribution in [0.2, 0.25) is 0 Å². The van der Waals surface area contributed by atoms with Crippen molar-refractivity contribution in [1.29, 1.82) is 0 Å². The van der Waals surface area contributed by atoms with Crippen LogP contribution in [0.25, 0.3) is 11.1 Å². The summed E-state index contributed by atoms with van der Waals surface area (Å²) in [6.45, 7) is 5.85. The van der Waals surface area contributed by atoms with E-state index in [4.69, 9.17) is 9.84 Å². The highest BCUT2D eigenvalue weighted by Gasteiger charge is 2.31. The molecular weight excluding hydrogens is 396 g/mol. The molecule has 0 aliphatic heterocycles. The molecule has 1 aliphatic carbocycles. The van der Waals surface area contributed by atoms with Crippen LogP contribution in [0.3, 0.4) is 0 Å². The standard InChI is InChI=1S/C24H26N2O5/c1-15(2)13-26(3)23(29)21(12-22(27)28)25-24(30)31-14-20-18-10-6-4-8-16(18)17-9-5-7-11-19(17)20/h4-11,20-21H,1,12-14H2,2-3H3,(H,25,30)(H,27,28). The van der Waals surface area contributed by atoms with Crippen molar-refractivity contribution in [2.24, 2.45) is 0 Å². The maximum absolute atomic E-state index is 12.6. The Balaban J connectivity index is 1.69. The topological polar surface area (TPSA) is 95.9 Å². The highest BCUT2D eigenvalue weighted by atomic mass is 16.5. The molecule has 0 radical (unpaired) electrons. The molecule has 0 heterocycles. The van der Waals surface area contributed by atoms with Gasteiger partial charge in [0.15, 0.2) is 0 Å². The van der Waals surface area contributed by atoms with E-state index in [1.807, 2.05) is 48.5 Å². The lowest BCUT2D eigenvalue weighted by atomic mass is 9.98. The number of rotatable bonds is 8. The van der Waals surface area contributed by atoms with Gasteiger partial charge in [-0.05, 0) is 29.2 Å². The second kappa shape index (κ2) is 9.47. The third-order valence-corrected chi connectivity index (χ3v) is 5.20. The Morgan fingerprint density at radius 3 is 2.16 bits per heavy atom. The Hall–Kier alpha value is -3.61. The van der Waals surface area contributed by atoms with Crippen LogP contribution in [-0.4, -0.2) is 54.2 Å². The van der Waals surface area contributed by atoms with Gasteiger partial charge in [0, 0.05) is 19.5 Å². The lowest BCUT2D eigenvalue weighted by molar-refractivity contribution is -0.141. The van der Waals surface area contributed by atoms with Gasteiger partial charge in [-0.3, -0.25) is 9.59 Å². The summed E-state index contributed by atoms with van der Waals surface area (Å²) >= 11 is 0. The first-order valence-corrected chi connectivity index (χ1v) is 10.0. The fourth-order valence-corrected chi connectivity index (χ4v) is 3.91. The molecule has 31 heavy (non-hydrogen) atoms. The van der Waals surface area contributed by atoms with Crippen LogP contribution in [-0.2, 0) is 14.3 Å². The molecule has 0 bridgehead atoms. The molecule has 3 rings (SSSR count). The molecule has 7 nitrogen and oxygen atoms in total. The van der Waals surface area contributed by atoms with Crippen LogP contribution in [0, 0.1) is 0 Å². The molecule has 0 aromatic heterocycles. The SMILES string of the molecule is C=C(C)CN(C)C(=O)C(CC(=O)O)NC(=O)OCC1c2ccccc2-c2ccccc21. The fourth-order valence-electron chi connectivity index (χ4n) is 3.91. The first-order chi connectivity index (χ1) is 14.8. The number of carbonyl (C=O) groups excluding carboxylic acids is 2. The lowest BCUT2D eigenvalue weighted by Crippen LogP contribution is -2.49. The minimum atomic E-state index is -1.22. The van der Waals surface area contributed by atoms with E-state index in [0.717, 1.165) is 27.8 Å². The normalized spacial score (nSPS) is 13.0. The van der Waals surface area contributed by atoms with Crippen molar-refractivity contribution in [3.05, 3.63) is 71.8 Å². The van der Waals surface area contributed by atoms with E-state index >= 15 is 0 Å². The Kier molecular flexibility index (Phi) is 6.74. The molecule has 0 saturated heterocycles. The number of hydrogen-bond acceptors (Lipinski definition) is 4. The van der Waals surface area contributed by atoms with Crippen molar-refractivity contribution in [2.75, 3.05) is 20.2 Å². The van der Waals surface area contributed by atoms with Crippen LogP contribution in [0.1, 0.15) is 30.4 Å². The Bertz CT molecular complexity index is 971. The maximum atomic E-state index is 12.6. The zero-order valence-electron chi connectivity index (χ0n) is 17.6. The van der Waals surface area contributed by atoms with E-state index in [0.29, 0.717) is 0 Å². The van der Waals surface area contributed by atoms with Crippen LogP contribution < -0.4 is 5.32 Å². The number of nitrogens with one attached hydrogen (secondary N) is 1. The summed E-state index contributed by atoms with van der Waals surface area (Å²) in [6, 6.07) is 14.7. The van der Waals surface area contributed by atoms with Crippen molar-refractivity contribution in [1.82, 2.24) is 10.2 Å². The van der Waals surface area contributed by atoms with Gasteiger partial charge in [0.25, 0.3) is 0 Å². The molecule has 2 N–H and O–H groups in total. The summed E-state index contributed by atoms with van der Waals surface area (Å²) in [5.74, 6) is -1.84. The molecule has 162 valence electrons. The van der Waals surface area contributed by atoms with Crippen molar-refractivity contribution < 1.29 is 24.2 Å². The summed E-state index contributed by atoms with van der Waals surface area (Å²) in [4.78, 5) is 37.6. The number of carbonyl (C=O) groups is 3. The second-order valence-electron chi connectivity index (χ2n) is 7.77. The third-order valence-electron chi connectivity index (χ3n) is 5.20. The van der Waals surface area contributed by atoms with Crippen LogP contribution in [0.15, 0.2) is 60.7 Å². The Morgan fingerprint density at radius 1 is 1.10 bits per heavy atom. The molecule has 1 aliphatic rings. The number of fused-ring (bicyclic) bond motifs is 3. The number of aliphatic carboxylic acids is 1. The van der Waals surface area contributed by atoms with Gasteiger partial charge < -0.3 is 20.1 Å². The minimum Gasteiger partial charge on any atom is -0.481 e. The number of likely N-dealkylation sites (N-methyl/N-ethyl adjacent to an activating group) is 1. The van der Waals surface area contributed by atoms with Crippen molar-refractivity contribution in [2.45, 2.75) is 25.3 Å². The largest absolute Gasteiger partial charge is 0.481 e. The molecule has 0 spiro atoms. The van der Waals surface area contributed by atoms with Crippen LogP contribution >= 0.6 is 0 Å². The molecule has 2 aromatic carbocycles. The minimum absolute atomic E-state index is 0.0788. The quantitative estimate of drug-likeness (QED) is 0.636. The first kappa shape index (κ1) is 22.1. The number of nitrogens with zero attached hydrogens (tertiary/aromatic N) is 1. The zero-order chi connectivity index (χ0) is 22.5. The first-order valence-electron chi connectivity index (χ1n) is 10.0. The average Bonchev–Trinajstić information content (AvgIpc) is 3.04. The van der Waals surface area contributed by atoms with E-state index in [9.17, 15) is 14.4 Å². The number of carboxylic acids is 1. The van der Waals surface area contributed by atoms with Gasteiger partial charge in [-0.1, -0.05) is 60.7 Å². The predicted molar refractivity (Wildman–Crippen MR) is 117 cm³/mol.